The predicted octanol–water partition coefficient (Wildman–Crippen LogP) is 0.426. The smallest absolute Gasteiger partial charge is 0.209 e. The van der Waals surface area contributed by atoms with E-state index < -0.39 is 22.2 Å². The summed E-state index contributed by atoms with van der Waals surface area (Å²) in [7, 11) is -3.23. The van der Waals surface area contributed by atoms with E-state index in [0.29, 0.717) is 12.8 Å². The first-order chi connectivity index (χ1) is 4.99. The number of rotatable bonds is 2. The third kappa shape index (κ3) is 2.75. The lowest BCUT2D eigenvalue weighted by Gasteiger charge is -2.12. The van der Waals surface area contributed by atoms with E-state index >= 15 is 0 Å². The van der Waals surface area contributed by atoms with Crippen LogP contribution in [0.2, 0.25) is 0 Å². The SMILES string of the molecule is CS(=O)(=O)N[C@@H]1CCC[C@@H]1F. The molecule has 0 aliphatic heterocycles. The van der Waals surface area contributed by atoms with Gasteiger partial charge in [-0.3, -0.25) is 0 Å². The molecule has 0 spiro atoms. The van der Waals surface area contributed by atoms with Gasteiger partial charge in [-0.15, -0.1) is 0 Å². The maximum atomic E-state index is 12.8. The van der Waals surface area contributed by atoms with Crippen LogP contribution in [0.3, 0.4) is 0 Å². The molecule has 66 valence electrons. The second-order valence-electron chi connectivity index (χ2n) is 2.94. The lowest BCUT2D eigenvalue weighted by atomic mass is 10.2. The molecule has 0 unspecified atom stereocenters. The molecule has 0 aromatic carbocycles. The minimum atomic E-state index is -3.23. The van der Waals surface area contributed by atoms with Crippen molar-refractivity contribution in [2.45, 2.75) is 31.5 Å². The molecule has 1 fully saturated rings. The third-order valence-electron chi connectivity index (χ3n) is 1.80. The summed E-state index contributed by atoms with van der Waals surface area (Å²) in [6.07, 6.45) is 1.93. The molecular weight excluding hydrogens is 169 g/mol. The molecule has 1 aliphatic carbocycles. The first kappa shape index (κ1) is 8.93. The average molecular weight is 181 g/mol. The van der Waals surface area contributed by atoms with E-state index in [2.05, 4.69) is 4.72 Å². The van der Waals surface area contributed by atoms with Crippen LogP contribution in [0.1, 0.15) is 19.3 Å². The molecule has 0 amide bonds. The Balaban J connectivity index is 2.50. The van der Waals surface area contributed by atoms with Gasteiger partial charge >= 0.3 is 0 Å². The van der Waals surface area contributed by atoms with Crippen molar-refractivity contribution in [3.8, 4) is 0 Å². The van der Waals surface area contributed by atoms with Gasteiger partial charge in [-0.1, -0.05) is 0 Å². The molecule has 1 aliphatic rings. The highest BCUT2D eigenvalue weighted by atomic mass is 32.2. The molecule has 1 rings (SSSR count). The van der Waals surface area contributed by atoms with Crippen molar-refractivity contribution >= 4 is 10.0 Å². The van der Waals surface area contributed by atoms with Crippen LogP contribution in [0.4, 0.5) is 4.39 Å². The van der Waals surface area contributed by atoms with Crippen LogP contribution >= 0.6 is 0 Å². The van der Waals surface area contributed by atoms with Gasteiger partial charge in [-0.25, -0.2) is 17.5 Å². The highest BCUT2D eigenvalue weighted by Crippen LogP contribution is 2.22. The summed E-state index contributed by atoms with van der Waals surface area (Å²) in [6, 6.07) is -0.481. The number of sulfonamides is 1. The second-order valence-corrected chi connectivity index (χ2v) is 4.72. The summed E-state index contributed by atoms with van der Waals surface area (Å²) < 4.78 is 36.4. The van der Waals surface area contributed by atoms with Crippen LogP contribution in [0.25, 0.3) is 0 Å². The lowest BCUT2D eigenvalue weighted by molar-refractivity contribution is 0.300. The third-order valence-corrected chi connectivity index (χ3v) is 2.53. The summed E-state index contributed by atoms with van der Waals surface area (Å²) >= 11 is 0. The standard InChI is InChI=1S/C6H12FNO2S/c1-11(9,10)8-6-4-2-3-5(6)7/h5-6,8H,2-4H2,1H3/t5-,6+/m0/s1. The summed E-state index contributed by atoms with van der Waals surface area (Å²) in [5.74, 6) is 0. The Hall–Kier alpha value is -0.160. The van der Waals surface area contributed by atoms with Crippen molar-refractivity contribution in [1.82, 2.24) is 4.72 Å². The van der Waals surface area contributed by atoms with Crippen molar-refractivity contribution in [1.29, 1.82) is 0 Å². The molecule has 3 nitrogen and oxygen atoms in total. The molecule has 5 heteroatoms. The maximum Gasteiger partial charge on any atom is 0.209 e. The van der Waals surface area contributed by atoms with Gasteiger partial charge in [0.1, 0.15) is 6.17 Å². The van der Waals surface area contributed by atoms with E-state index in [1.165, 1.54) is 0 Å². The minimum absolute atomic E-state index is 0.479. The predicted molar refractivity (Wildman–Crippen MR) is 40.5 cm³/mol. The molecule has 11 heavy (non-hydrogen) atoms. The molecule has 0 aromatic rings. The zero-order valence-electron chi connectivity index (χ0n) is 6.38. The van der Waals surface area contributed by atoms with Gasteiger partial charge in [0, 0.05) is 0 Å². The Bertz CT molecular complexity index is 227. The van der Waals surface area contributed by atoms with Crippen molar-refractivity contribution in [3.05, 3.63) is 0 Å². The molecule has 0 saturated heterocycles. The average Bonchev–Trinajstić information content (AvgIpc) is 2.12. The van der Waals surface area contributed by atoms with Gasteiger partial charge < -0.3 is 0 Å². The number of nitrogens with one attached hydrogen (secondary N) is 1. The molecule has 2 atom stereocenters. The zero-order valence-corrected chi connectivity index (χ0v) is 7.20. The second kappa shape index (κ2) is 3.06. The fourth-order valence-electron chi connectivity index (χ4n) is 1.32. The first-order valence-corrected chi connectivity index (χ1v) is 5.49. The van der Waals surface area contributed by atoms with E-state index in [-0.39, 0.29) is 0 Å². The zero-order chi connectivity index (χ0) is 8.48. The van der Waals surface area contributed by atoms with Gasteiger partial charge in [0.2, 0.25) is 10.0 Å². The van der Waals surface area contributed by atoms with Gasteiger partial charge in [-0.05, 0) is 19.3 Å². The van der Waals surface area contributed by atoms with E-state index in [1.807, 2.05) is 0 Å². The minimum Gasteiger partial charge on any atom is -0.246 e. The molecule has 1 N–H and O–H groups in total. The van der Waals surface area contributed by atoms with Crippen LogP contribution in [0.5, 0.6) is 0 Å². The molecule has 0 heterocycles. The van der Waals surface area contributed by atoms with Gasteiger partial charge in [0.15, 0.2) is 0 Å². The number of halogens is 1. The topological polar surface area (TPSA) is 46.2 Å². The molecule has 0 aromatic heterocycles. The monoisotopic (exact) mass is 181 g/mol. The van der Waals surface area contributed by atoms with Crippen molar-refractivity contribution in [2.75, 3.05) is 6.26 Å². The van der Waals surface area contributed by atoms with Crippen LogP contribution in [-0.2, 0) is 10.0 Å². The molecule has 0 radical (unpaired) electrons. The van der Waals surface area contributed by atoms with Crippen molar-refractivity contribution < 1.29 is 12.8 Å². The maximum absolute atomic E-state index is 12.8. The fraction of sp³-hybridized carbons (Fsp3) is 1.00. The lowest BCUT2D eigenvalue weighted by Crippen LogP contribution is -2.37. The number of hydrogen-bond donors (Lipinski definition) is 1. The molecule has 0 bridgehead atoms. The van der Waals surface area contributed by atoms with Crippen molar-refractivity contribution in [2.24, 2.45) is 0 Å². The van der Waals surface area contributed by atoms with Crippen LogP contribution in [0, 0.1) is 0 Å². The van der Waals surface area contributed by atoms with E-state index in [0.717, 1.165) is 12.7 Å². The fourth-order valence-corrected chi connectivity index (χ4v) is 2.14. The molecular formula is C6H12FNO2S. The quantitative estimate of drug-likeness (QED) is 0.671. The summed E-state index contributed by atoms with van der Waals surface area (Å²) in [5, 5.41) is 0. The largest absolute Gasteiger partial charge is 0.246 e. The normalized spacial score (nSPS) is 32.5. The Labute approximate surface area is 66.0 Å². The van der Waals surface area contributed by atoms with Crippen LogP contribution < -0.4 is 4.72 Å². The van der Waals surface area contributed by atoms with Crippen LogP contribution in [-0.4, -0.2) is 26.9 Å². The summed E-state index contributed by atoms with van der Waals surface area (Å²) in [4.78, 5) is 0. The summed E-state index contributed by atoms with van der Waals surface area (Å²) in [6.45, 7) is 0. The van der Waals surface area contributed by atoms with Crippen LogP contribution in [0.15, 0.2) is 0 Å². The van der Waals surface area contributed by atoms with Gasteiger partial charge in [-0.2, -0.15) is 0 Å². The Morgan fingerprint density at radius 1 is 1.45 bits per heavy atom. The Kier molecular flexibility index (Phi) is 2.49. The molecule has 1 saturated carbocycles. The highest BCUT2D eigenvalue weighted by Gasteiger charge is 2.28. The van der Waals surface area contributed by atoms with E-state index in [9.17, 15) is 12.8 Å². The first-order valence-electron chi connectivity index (χ1n) is 3.60. The summed E-state index contributed by atoms with van der Waals surface area (Å²) in [5.41, 5.74) is 0. The van der Waals surface area contributed by atoms with E-state index in [1.54, 1.807) is 0 Å². The van der Waals surface area contributed by atoms with E-state index in [4.69, 9.17) is 0 Å². The highest BCUT2D eigenvalue weighted by molar-refractivity contribution is 7.88. The number of alkyl halides is 1. The van der Waals surface area contributed by atoms with Gasteiger partial charge in [0.25, 0.3) is 0 Å². The Morgan fingerprint density at radius 3 is 2.45 bits per heavy atom. The Morgan fingerprint density at radius 2 is 2.09 bits per heavy atom. The number of hydrogen-bond acceptors (Lipinski definition) is 2. The van der Waals surface area contributed by atoms with Crippen molar-refractivity contribution in [3.63, 3.8) is 0 Å². The van der Waals surface area contributed by atoms with Gasteiger partial charge in [0.05, 0.1) is 12.3 Å².